The van der Waals surface area contributed by atoms with Gasteiger partial charge in [0.05, 0.1) is 27.6 Å². The third-order valence-corrected chi connectivity index (χ3v) is 7.57. The summed E-state index contributed by atoms with van der Waals surface area (Å²) in [6.07, 6.45) is 0. The van der Waals surface area contributed by atoms with Crippen LogP contribution in [0.5, 0.6) is 0 Å². The van der Waals surface area contributed by atoms with Crippen LogP contribution in [0.15, 0.2) is 18.2 Å². The van der Waals surface area contributed by atoms with E-state index in [9.17, 15) is 19.2 Å². The fraction of sp³-hybridized carbons (Fsp3) is 0.238. The summed E-state index contributed by atoms with van der Waals surface area (Å²) < 4.78 is 6.73. The molecule has 0 bridgehead atoms. The summed E-state index contributed by atoms with van der Waals surface area (Å²) in [6.45, 7) is 6.02. The first kappa shape index (κ1) is 26.8. The molecule has 0 radical (unpaired) electrons. The minimum absolute atomic E-state index is 0.152. The molecular weight excluding hydrogens is 755 g/mol. The number of halogens is 3. The number of amides is 3. The zero-order chi connectivity index (χ0) is 24.2. The molecule has 8 nitrogen and oxygen atoms in total. The van der Waals surface area contributed by atoms with Gasteiger partial charge in [-0.1, -0.05) is 12.1 Å². The second-order valence-corrected chi connectivity index (χ2v) is 10.0. The van der Waals surface area contributed by atoms with E-state index in [4.69, 9.17) is 4.74 Å². The number of anilines is 3. The van der Waals surface area contributed by atoms with Crippen LogP contribution in [-0.2, 0) is 19.1 Å². The van der Waals surface area contributed by atoms with Crippen molar-refractivity contribution < 1.29 is 23.9 Å². The Bertz CT molecular complexity index is 1080. The second kappa shape index (κ2) is 11.6. The highest BCUT2D eigenvalue weighted by molar-refractivity contribution is 14.1. The van der Waals surface area contributed by atoms with Crippen molar-refractivity contribution in [1.29, 1.82) is 0 Å². The number of rotatable bonds is 6. The van der Waals surface area contributed by atoms with Gasteiger partial charge in [0.2, 0.25) is 11.8 Å². The molecule has 0 spiro atoms. The van der Waals surface area contributed by atoms with Crippen molar-refractivity contribution in [3.8, 4) is 0 Å². The summed E-state index contributed by atoms with van der Waals surface area (Å²) in [7, 11) is 0. The zero-order valence-electron chi connectivity index (χ0n) is 17.6. The Morgan fingerprint density at radius 1 is 0.844 bits per heavy atom. The quantitative estimate of drug-likeness (QED) is 0.288. The molecule has 11 heteroatoms. The maximum atomic E-state index is 12.9. The number of benzene rings is 2. The van der Waals surface area contributed by atoms with Crippen LogP contribution in [0, 0.1) is 24.6 Å². The van der Waals surface area contributed by atoms with Gasteiger partial charge in [0, 0.05) is 19.5 Å². The summed E-state index contributed by atoms with van der Waals surface area (Å²) in [5.74, 6) is -1.89. The van der Waals surface area contributed by atoms with Crippen molar-refractivity contribution in [3.05, 3.63) is 45.6 Å². The number of nitrogens with one attached hydrogen (secondary N) is 3. The van der Waals surface area contributed by atoms with Gasteiger partial charge in [-0.25, -0.2) is 4.79 Å². The Kier molecular flexibility index (Phi) is 9.68. The van der Waals surface area contributed by atoms with Crippen molar-refractivity contribution in [2.45, 2.75) is 27.7 Å². The number of carbonyl (C=O) groups excluding carboxylic acids is 4. The summed E-state index contributed by atoms with van der Waals surface area (Å²) in [5.41, 5.74) is 3.51. The average Bonchev–Trinajstić information content (AvgIpc) is 2.70. The Hall–Kier alpha value is -1.49. The van der Waals surface area contributed by atoms with E-state index in [1.54, 1.807) is 6.07 Å². The first-order valence-corrected chi connectivity index (χ1v) is 12.5. The molecule has 3 amide bonds. The molecule has 2 rings (SSSR count). The largest absolute Gasteiger partial charge is 0.452 e. The lowest BCUT2D eigenvalue weighted by atomic mass is 10.1. The van der Waals surface area contributed by atoms with Gasteiger partial charge in [-0.15, -0.1) is 0 Å². The SMILES string of the molecule is CC(=O)Nc1c(I)c(NC(C)=O)c(I)c(C(=O)OCC(=O)Nc2cccc(C)c2C)c1I. The Labute approximate surface area is 226 Å². The maximum Gasteiger partial charge on any atom is 0.340 e. The minimum Gasteiger partial charge on any atom is -0.452 e. The molecule has 170 valence electrons. The number of hydrogen-bond acceptors (Lipinski definition) is 5. The fourth-order valence-corrected chi connectivity index (χ4v) is 6.84. The van der Waals surface area contributed by atoms with E-state index in [2.05, 4.69) is 16.0 Å². The highest BCUT2D eigenvalue weighted by Gasteiger charge is 2.27. The van der Waals surface area contributed by atoms with Crippen LogP contribution in [0.25, 0.3) is 0 Å². The van der Waals surface area contributed by atoms with Crippen molar-refractivity contribution in [3.63, 3.8) is 0 Å². The van der Waals surface area contributed by atoms with E-state index in [1.165, 1.54) is 13.8 Å². The number of esters is 1. The molecule has 0 aliphatic heterocycles. The number of ether oxygens (including phenoxy) is 1. The number of hydrogen-bond donors (Lipinski definition) is 3. The lowest BCUT2D eigenvalue weighted by molar-refractivity contribution is -0.119. The third kappa shape index (κ3) is 6.52. The average molecular weight is 775 g/mol. The van der Waals surface area contributed by atoms with Gasteiger partial charge < -0.3 is 20.7 Å². The first-order valence-electron chi connectivity index (χ1n) is 9.22. The van der Waals surface area contributed by atoms with E-state index < -0.39 is 18.5 Å². The fourth-order valence-electron chi connectivity index (χ4n) is 2.69. The molecule has 32 heavy (non-hydrogen) atoms. The van der Waals surface area contributed by atoms with Crippen molar-refractivity contribution in [1.82, 2.24) is 0 Å². The number of carbonyl (C=O) groups is 4. The van der Waals surface area contributed by atoms with Gasteiger partial charge in [0.25, 0.3) is 5.91 Å². The van der Waals surface area contributed by atoms with Gasteiger partial charge >= 0.3 is 5.97 Å². The van der Waals surface area contributed by atoms with Crippen LogP contribution in [-0.4, -0.2) is 30.3 Å². The monoisotopic (exact) mass is 775 g/mol. The molecule has 0 aliphatic rings. The third-order valence-electron chi connectivity index (χ3n) is 4.34. The van der Waals surface area contributed by atoms with Crippen molar-refractivity contribution in [2.75, 3.05) is 22.6 Å². The van der Waals surface area contributed by atoms with E-state index >= 15 is 0 Å². The molecule has 0 saturated heterocycles. The van der Waals surface area contributed by atoms with E-state index in [-0.39, 0.29) is 17.4 Å². The van der Waals surface area contributed by atoms with Crippen LogP contribution in [0.2, 0.25) is 0 Å². The normalized spacial score (nSPS) is 10.3. The van der Waals surface area contributed by atoms with Gasteiger partial charge in [-0.05, 0) is 98.8 Å². The molecule has 0 unspecified atom stereocenters. The highest BCUT2D eigenvalue weighted by Crippen LogP contribution is 2.39. The molecule has 0 saturated carbocycles. The molecule has 0 aromatic heterocycles. The molecule has 3 N–H and O–H groups in total. The predicted molar refractivity (Wildman–Crippen MR) is 148 cm³/mol. The van der Waals surface area contributed by atoms with Gasteiger partial charge in [0.15, 0.2) is 6.61 Å². The van der Waals surface area contributed by atoms with Crippen LogP contribution >= 0.6 is 67.8 Å². The highest BCUT2D eigenvalue weighted by atomic mass is 127. The molecule has 0 atom stereocenters. The lowest BCUT2D eigenvalue weighted by Crippen LogP contribution is -2.23. The molecular formula is C21H20I3N3O5. The smallest absolute Gasteiger partial charge is 0.340 e. The molecule has 0 heterocycles. The Morgan fingerprint density at radius 3 is 1.88 bits per heavy atom. The Balaban J connectivity index is 2.31. The summed E-state index contributed by atoms with van der Waals surface area (Å²) in [6, 6.07) is 5.53. The predicted octanol–water partition coefficient (Wildman–Crippen LogP) is 4.83. The maximum absolute atomic E-state index is 12.9. The molecule has 2 aromatic carbocycles. The Morgan fingerprint density at radius 2 is 1.38 bits per heavy atom. The second-order valence-electron chi connectivity index (χ2n) is 6.80. The van der Waals surface area contributed by atoms with Crippen LogP contribution in [0.3, 0.4) is 0 Å². The zero-order valence-corrected chi connectivity index (χ0v) is 24.1. The van der Waals surface area contributed by atoms with Crippen LogP contribution in [0.4, 0.5) is 17.1 Å². The summed E-state index contributed by atoms with van der Waals surface area (Å²) in [5, 5.41) is 8.12. The van der Waals surface area contributed by atoms with E-state index in [1.807, 2.05) is 93.8 Å². The van der Waals surface area contributed by atoms with Crippen LogP contribution in [0.1, 0.15) is 35.3 Å². The van der Waals surface area contributed by atoms with Crippen molar-refractivity contribution >= 4 is 109 Å². The molecule has 2 aromatic rings. The minimum atomic E-state index is -0.746. The topological polar surface area (TPSA) is 114 Å². The van der Waals surface area contributed by atoms with Gasteiger partial charge in [-0.2, -0.15) is 0 Å². The van der Waals surface area contributed by atoms with Gasteiger partial charge in [-0.3, -0.25) is 14.4 Å². The van der Waals surface area contributed by atoms with E-state index in [0.29, 0.717) is 27.8 Å². The van der Waals surface area contributed by atoms with Crippen LogP contribution < -0.4 is 16.0 Å². The number of aryl methyl sites for hydroxylation is 1. The molecule has 0 aliphatic carbocycles. The standard InChI is InChI=1S/C21H20I3N3O5/c1-9-6-5-7-13(10(9)2)27-14(30)8-32-21(31)15-16(22)19(25-11(3)28)18(24)20(17(15)23)26-12(4)29/h5-7H,8H2,1-4H3,(H,25,28)(H,26,29)(H,27,30). The summed E-state index contributed by atoms with van der Waals surface area (Å²) in [4.78, 5) is 48.6. The van der Waals surface area contributed by atoms with Gasteiger partial charge in [0.1, 0.15) is 0 Å². The summed E-state index contributed by atoms with van der Waals surface area (Å²) >= 11 is 5.87. The van der Waals surface area contributed by atoms with E-state index in [0.717, 1.165) is 11.1 Å². The lowest BCUT2D eigenvalue weighted by Gasteiger charge is -2.19. The molecule has 0 fully saturated rings. The first-order chi connectivity index (χ1) is 14.9. The van der Waals surface area contributed by atoms with Crippen molar-refractivity contribution in [2.24, 2.45) is 0 Å².